The predicted molar refractivity (Wildman–Crippen MR) is 109 cm³/mol. The smallest absolute Gasteiger partial charge is 0.252 e. The first-order chi connectivity index (χ1) is 13.0. The number of nitrogens with one attached hydrogen (secondary N) is 1. The van der Waals surface area contributed by atoms with Gasteiger partial charge in [0, 0.05) is 16.0 Å². The monoisotopic (exact) mass is 378 g/mol. The third-order valence-electron chi connectivity index (χ3n) is 4.45. The van der Waals surface area contributed by atoms with Gasteiger partial charge in [0.25, 0.3) is 5.91 Å². The van der Waals surface area contributed by atoms with Crippen molar-refractivity contribution in [1.82, 2.24) is 5.32 Å². The number of amides is 2. The highest BCUT2D eigenvalue weighted by Gasteiger charge is 2.19. The Bertz CT molecular complexity index is 931. The number of carbonyl (C=O) groups excluding carboxylic acids is 2. The number of thiophene rings is 1. The molecule has 2 amide bonds. The number of hydrogen-bond acceptors (Lipinski definition) is 3. The fraction of sp³-hybridized carbons (Fsp3) is 0.182. The molecule has 0 aliphatic carbocycles. The molecule has 0 spiro atoms. The van der Waals surface area contributed by atoms with Gasteiger partial charge in [0.2, 0.25) is 5.91 Å². The van der Waals surface area contributed by atoms with Crippen LogP contribution >= 0.6 is 11.3 Å². The van der Waals surface area contributed by atoms with Gasteiger partial charge in [-0.05, 0) is 46.7 Å². The zero-order valence-corrected chi connectivity index (χ0v) is 16.1. The fourth-order valence-electron chi connectivity index (χ4n) is 2.88. The molecule has 3 N–H and O–H groups in total. The average Bonchev–Trinajstić information content (AvgIpc) is 3.20. The van der Waals surface area contributed by atoms with Crippen LogP contribution in [0.5, 0.6) is 0 Å². The van der Waals surface area contributed by atoms with Gasteiger partial charge in [-0.1, -0.05) is 50.2 Å². The number of carbonyl (C=O) groups is 2. The molecule has 0 unspecified atom stereocenters. The van der Waals surface area contributed by atoms with Crippen LogP contribution in [0.15, 0.2) is 66.0 Å². The number of rotatable bonds is 6. The Kier molecular flexibility index (Phi) is 5.72. The summed E-state index contributed by atoms with van der Waals surface area (Å²) in [4.78, 5) is 25.2. The topological polar surface area (TPSA) is 72.2 Å². The van der Waals surface area contributed by atoms with Crippen LogP contribution in [-0.2, 0) is 0 Å². The van der Waals surface area contributed by atoms with Crippen LogP contribution in [0.3, 0.4) is 0 Å². The minimum atomic E-state index is -0.552. The van der Waals surface area contributed by atoms with Crippen molar-refractivity contribution < 1.29 is 9.59 Å². The number of primary amides is 1. The van der Waals surface area contributed by atoms with Crippen molar-refractivity contribution >= 4 is 23.2 Å². The molecule has 27 heavy (non-hydrogen) atoms. The molecule has 0 saturated heterocycles. The van der Waals surface area contributed by atoms with E-state index < -0.39 is 5.91 Å². The van der Waals surface area contributed by atoms with Gasteiger partial charge >= 0.3 is 0 Å². The lowest BCUT2D eigenvalue weighted by atomic mass is 9.98. The van der Waals surface area contributed by atoms with Gasteiger partial charge in [0.05, 0.1) is 6.04 Å². The summed E-state index contributed by atoms with van der Waals surface area (Å²) in [5.41, 5.74) is 8.32. The number of benzene rings is 2. The molecular formula is C22H22N2O2S. The molecule has 4 nitrogen and oxygen atoms in total. The van der Waals surface area contributed by atoms with Gasteiger partial charge in [-0.25, -0.2) is 0 Å². The Morgan fingerprint density at radius 2 is 1.59 bits per heavy atom. The Morgan fingerprint density at radius 3 is 2.19 bits per heavy atom. The Balaban J connectivity index is 1.89. The summed E-state index contributed by atoms with van der Waals surface area (Å²) in [6.07, 6.45) is 0. The maximum Gasteiger partial charge on any atom is 0.252 e. The predicted octanol–water partition coefficient (Wildman–Crippen LogP) is 4.49. The van der Waals surface area contributed by atoms with Crippen LogP contribution in [0, 0.1) is 0 Å². The van der Waals surface area contributed by atoms with E-state index in [-0.39, 0.29) is 11.9 Å². The number of nitrogens with two attached hydrogens (primary N) is 1. The summed E-state index contributed by atoms with van der Waals surface area (Å²) in [5.74, 6) is -0.349. The standard InChI is InChI=1S/C22H22N2O2S/c1-14(2)15-8-10-16(11-9-15)20(19-7-4-12-27-19)24-22(26)18-6-3-5-17(13-18)21(23)25/h3-14,20H,1-2H3,(H2,23,25)(H,24,26)/t20-/m0/s1. The summed E-state index contributed by atoms with van der Waals surface area (Å²) >= 11 is 1.59. The van der Waals surface area contributed by atoms with Gasteiger partial charge in [0.15, 0.2) is 0 Å². The highest BCUT2D eigenvalue weighted by atomic mass is 32.1. The van der Waals surface area contributed by atoms with Crippen molar-refractivity contribution in [2.24, 2.45) is 5.73 Å². The molecule has 138 valence electrons. The Labute approximate surface area is 163 Å². The molecule has 3 aromatic rings. The van der Waals surface area contributed by atoms with Crippen LogP contribution in [0.4, 0.5) is 0 Å². The van der Waals surface area contributed by atoms with E-state index in [4.69, 9.17) is 5.73 Å². The van der Waals surface area contributed by atoms with Crippen LogP contribution in [-0.4, -0.2) is 11.8 Å². The lowest BCUT2D eigenvalue weighted by molar-refractivity contribution is 0.0943. The van der Waals surface area contributed by atoms with Gasteiger partial charge in [-0.3, -0.25) is 9.59 Å². The first kappa shape index (κ1) is 18.9. The molecule has 1 atom stereocenters. The van der Waals surface area contributed by atoms with E-state index in [9.17, 15) is 9.59 Å². The molecule has 3 rings (SSSR count). The maximum absolute atomic E-state index is 12.8. The SMILES string of the molecule is CC(C)c1ccc([C@H](NC(=O)c2cccc(C(N)=O)c2)c2cccs2)cc1. The van der Waals surface area contributed by atoms with Crippen LogP contribution in [0.25, 0.3) is 0 Å². The van der Waals surface area contributed by atoms with E-state index in [2.05, 4.69) is 43.4 Å². The Morgan fingerprint density at radius 1 is 0.926 bits per heavy atom. The van der Waals surface area contributed by atoms with Crippen molar-refractivity contribution in [2.45, 2.75) is 25.8 Å². The fourth-order valence-corrected chi connectivity index (χ4v) is 3.68. The zero-order chi connectivity index (χ0) is 19.4. The molecule has 2 aromatic carbocycles. The van der Waals surface area contributed by atoms with Crippen molar-refractivity contribution in [3.8, 4) is 0 Å². The highest BCUT2D eigenvalue weighted by molar-refractivity contribution is 7.10. The van der Waals surface area contributed by atoms with E-state index in [0.717, 1.165) is 10.4 Å². The second-order valence-corrected chi connectivity index (χ2v) is 7.67. The van der Waals surface area contributed by atoms with Crippen LogP contribution < -0.4 is 11.1 Å². The molecule has 0 radical (unpaired) electrons. The molecular weight excluding hydrogens is 356 g/mol. The molecule has 0 saturated carbocycles. The summed E-state index contributed by atoms with van der Waals surface area (Å²) in [5, 5.41) is 5.08. The van der Waals surface area contributed by atoms with Crippen LogP contribution in [0.1, 0.15) is 62.5 Å². The number of hydrogen-bond donors (Lipinski definition) is 2. The van der Waals surface area contributed by atoms with Crippen molar-refractivity contribution in [3.05, 3.63) is 93.2 Å². The van der Waals surface area contributed by atoms with E-state index >= 15 is 0 Å². The molecule has 0 bridgehead atoms. The second kappa shape index (κ2) is 8.18. The first-order valence-corrected chi connectivity index (χ1v) is 9.67. The van der Waals surface area contributed by atoms with Crippen molar-refractivity contribution in [3.63, 3.8) is 0 Å². The Hall–Kier alpha value is -2.92. The molecule has 0 fully saturated rings. The minimum Gasteiger partial charge on any atom is -0.366 e. The normalized spacial score (nSPS) is 12.0. The zero-order valence-electron chi connectivity index (χ0n) is 15.3. The van der Waals surface area contributed by atoms with E-state index in [0.29, 0.717) is 17.0 Å². The lowest BCUT2D eigenvalue weighted by Gasteiger charge is -2.19. The molecule has 0 aliphatic rings. The van der Waals surface area contributed by atoms with Crippen molar-refractivity contribution in [2.75, 3.05) is 0 Å². The van der Waals surface area contributed by atoms with E-state index in [1.807, 2.05) is 17.5 Å². The summed E-state index contributed by atoms with van der Waals surface area (Å²) < 4.78 is 0. The average molecular weight is 378 g/mol. The first-order valence-electron chi connectivity index (χ1n) is 8.79. The largest absolute Gasteiger partial charge is 0.366 e. The van der Waals surface area contributed by atoms with Gasteiger partial charge in [-0.15, -0.1) is 11.3 Å². The van der Waals surface area contributed by atoms with E-state index in [1.54, 1.807) is 29.5 Å². The van der Waals surface area contributed by atoms with Crippen molar-refractivity contribution in [1.29, 1.82) is 0 Å². The van der Waals surface area contributed by atoms with Gasteiger partial charge < -0.3 is 11.1 Å². The third kappa shape index (κ3) is 4.44. The molecule has 5 heteroatoms. The van der Waals surface area contributed by atoms with Gasteiger partial charge in [-0.2, -0.15) is 0 Å². The maximum atomic E-state index is 12.8. The summed E-state index contributed by atoms with van der Waals surface area (Å²) in [7, 11) is 0. The molecule has 1 heterocycles. The van der Waals surface area contributed by atoms with E-state index in [1.165, 1.54) is 11.6 Å². The third-order valence-corrected chi connectivity index (χ3v) is 5.39. The lowest BCUT2D eigenvalue weighted by Crippen LogP contribution is -2.29. The quantitative estimate of drug-likeness (QED) is 0.663. The van der Waals surface area contributed by atoms with Crippen LogP contribution in [0.2, 0.25) is 0 Å². The second-order valence-electron chi connectivity index (χ2n) is 6.69. The highest BCUT2D eigenvalue weighted by Crippen LogP contribution is 2.28. The minimum absolute atomic E-state index is 0.246. The summed E-state index contributed by atoms with van der Waals surface area (Å²) in [6, 6.07) is 18.5. The van der Waals surface area contributed by atoms with Gasteiger partial charge in [0.1, 0.15) is 0 Å². The molecule has 1 aromatic heterocycles. The summed E-state index contributed by atoms with van der Waals surface area (Å²) in [6.45, 7) is 4.30. The molecule has 0 aliphatic heterocycles.